The Morgan fingerprint density at radius 1 is 1.02 bits per heavy atom. The fourth-order valence-corrected chi connectivity index (χ4v) is 5.77. The van der Waals surface area contributed by atoms with Crippen molar-refractivity contribution < 1.29 is 49.7 Å². The topological polar surface area (TPSA) is 105 Å². The van der Waals surface area contributed by atoms with E-state index < -0.39 is 58.9 Å². The van der Waals surface area contributed by atoms with Crippen LogP contribution in [0.2, 0.25) is 0 Å². The molecule has 1 amide bonds. The van der Waals surface area contributed by atoms with E-state index >= 15 is 0 Å². The van der Waals surface area contributed by atoms with Crippen LogP contribution < -0.4 is 15.0 Å². The molecule has 3 atom stereocenters. The van der Waals surface area contributed by atoms with Crippen LogP contribution in [0.15, 0.2) is 77.7 Å². The van der Waals surface area contributed by atoms with Gasteiger partial charge in [-0.05, 0) is 66.2 Å². The minimum Gasteiger partial charge on any atom is -0.489 e. The van der Waals surface area contributed by atoms with Crippen LogP contribution in [0.3, 0.4) is 0 Å². The summed E-state index contributed by atoms with van der Waals surface area (Å²) in [4.78, 5) is 14.8. The van der Waals surface area contributed by atoms with Gasteiger partial charge >= 0.3 is 12.8 Å². The molecule has 0 bridgehead atoms. The van der Waals surface area contributed by atoms with E-state index in [1.54, 1.807) is 17.0 Å². The van der Waals surface area contributed by atoms with Gasteiger partial charge in [0.05, 0.1) is 48.1 Å². The smallest absolute Gasteiger partial charge is 0.416 e. The Balaban J connectivity index is 1.44. The van der Waals surface area contributed by atoms with Crippen LogP contribution in [0.1, 0.15) is 40.9 Å². The maximum atomic E-state index is 12.9. The van der Waals surface area contributed by atoms with Crippen LogP contribution in [0.25, 0.3) is 0 Å². The zero-order valence-electron chi connectivity index (χ0n) is 23.5. The molecule has 8 nitrogen and oxygen atoms in total. The molecule has 4 rings (SSSR count). The number of carbonyl (C=O) groups excluding carboxylic acids is 1. The maximum Gasteiger partial charge on any atom is 0.416 e. The minimum atomic E-state index is -4.49. The van der Waals surface area contributed by atoms with Crippen molar-refractivity contribution >= 4 is 21.4 Å². The lowest BCUT2D eigenvalue weighted by atomic mass is 10.1. The Bertz CT molecular complexity index is 1500. The molecule has 0 aliphatic carbocycles. The summed E-state index contributed by atoms with van der Waals surface area (Å²) in [5.41, 5.74) is 0.505. The molecule has 14 heteroatoms. The van der Waals surface area contributed by atoms with Crippen molar-refractivity contribution in [1.82, 2.24) is 5.32 Å². The van der Waals surface area contributed by atoms with Crippen molar-refractivity contribution in [3.8, 4) is 5.75 Å². The van der Waals surface area contributed by atoms with Gasteiger partial charge in [-0.25, -0.2) is 8.42 Å². The number of alkyl halides is 5. The highest BCUT2D eigenvalue weighted by Crippen LogP contribution is 2.33. The Labute approximate surface area is 251 Å². The van der Waals surface area contributed by atoms with Gasteiger partial charge in [-0.2, -0.15) is 22.0 Å². The van der Waals surface area contributed by atoms with Crippen LogP contribution in [0.5, 0.6) is 5.75 Å². The number of benzene rings is 3. The number of rotatable bonds is 12. The summed E-state index contributed by atoms with van der Waals surface area (Å²) in [6, 6.07) is 15.0. The fourth-order valence-electron chi connectivity index (χ4n) is 4.89. The standard InChI is InChI=1S/C30H31F5N2O6S/c1-2-44(40,41)26-13-5-19(6-14-26)27(17-38)36-28(39)20-3-9-22(10-4-20)37-16-25(15-23(37)18-42-29(31)32)43-24-11-7-21(8-12-24)30(33,34)35/h3-14,23,25,27,29,38H,2,15-18H2,1H3,(H,36,39)/t23-,25-,27+/m0/s1. The summed E-state index contributed by atoms with van der Waals surface area (Å²) in [6.07, 6.45) is -4.77. The Hall–Kier alpha value is -3.75. The van der Waals surface area contributed by atoms with E-state index in [4.69, 9.17) is 4.74 Å². The number of nitrogens with one attached hydrogen (secondary N) is 1. The molecule has 2 N–H and O–H groups in total. The molecule has 1 aliphatic rings. The van der Waals surface area contributed by atoms with Gasteiger partial charge in [-0.1, -0.05) is 19.1 Å². The summed E-state index contributed by atoms with van der Waals surface area (Å²) in [6.45, 7) is -2.01. The molecule has 238 valence electrons. The highest BCUT2D eigenvalue weighted by molar-refractivity contribution is 7.91. The van der Waals surface area contributed by atoms with E-state index in [0.717, 1.165) is 12.1 Å². The number of hydrogen-bond donors (Lipinski definition) is 2. The number of aliphatic hydroxyl groups excluding tert-OH is 1. The first-order valence-corrected chi connectivity index (χ1v) is 15.3. The third-order valence-electron chi connectivity index (χ3n) is 7.25. The molecule has 3 aromatic carbocycles. The summed E-state index contributed by atoms with van der Waals surface area (Å²) in [5, 5.41) is 12.6. The summed E-state index contributed by atoms with van der Waals surface area (Å²) in [7, 11) is -3.41. The summed E-state index contributed by atoms with van der Waals surface area (Å²) < 4.78 is 98.8. The fraction of sp³-hybridized carbons (Fsp3) is 0.367. The first kappa shape index (κ1) is 33.1. The van der Waals surface area contributed by atoms with Gasteiger partial charge in [0.1, 0.15) is 11.9 Å². The van der Waals surface area contributed by atoms with Gasteiger partial charge in [0, 0.05) is 17.7 Å². The van der Waals surface area contributed by atoms with Crippen LogP contribution in [-0.2, 0) is 20.8 Å². The van der Waals surface area contributed by atoms with Crippen LogP contribution in [-0.4, -0.2) is 63.7 Å². The molecule has 0 radical (unpaired) electrons. The second kappa shape index (κ2) is 13.9. The lowest BCUT2D eigenvalue weighted by molar-refractivity contribution is -0.137. The summed E-state index contributed by atoms with van der Waals surface area (Å²) in [5.74, 6) is -0.374. The third-order valence-corrected chi connectivity index (χ3v) is 9.00. The molecule has 0 saturated carbocycles. The molecule has 1 heterocycles. The second-order valence-electron chi connectivity index (χ2n) is 10.1. The molecule has 44 heavy (non-hydrogen) atoms. The second-order valence-corrected chi connectivity index (χ2v) is 12.4. The number of anilines is 1. The molecule has 3 aromatic rings. The largest absolute Gasteiger partial charge is 0.489 e. The zero-order valence-corrected chi connectivity index (χ0v) is 24.3. The molecule has 0 aromatic heterocycles. The number of ether oxygens (including phenoxy) is 2. The summed E-state index contributed by atoms with van der Waals surface area (Å²) >= 11 is 0. The molecule has 1 saturated heterocycles. The number of sulfone groups is 1. The molecular weight excluding hydrogens is 611 g/mol. The van der Waals surface area contributed by atoms with Gasteiger partial charge < -0.3 is 24.8 Å². The number of aliphatic hydroxyl groups is 1. The van der Waals surface area contributed by atoms with Crippen molar-refractivity contribution in [3.05, 3.63) is 89.5 Å². The number of hydrogen-bond acceptors (Lipinski definition) is 7. The number of carbonyl (C=O) groups is 1. The minimum absolute atomic E-state index is 0.0627. The van der Waals surface area contributed by atoms with E-state index in [0.29, 0.717) is 11.3 Å². The molecular formula is C30H31F5N2O6S. The predicted octanol–water partition coefficient (Wildman–Crippen LogP) is 5.23. The molecule has 1 aliphatic heterocycles. The lowest BCUT2D eigenvalue weighted by Gasteiger charge is -2.26. The highest BCUT2D eigenvalue weighted by Gasteiger charge is 2.35. The maximum absolute atomic E-state index is 12.9. The van der Waals surface area contributed by atoms with Crippen LogP contribution in [0.4, 0.5) is 27.6 Å². The first-order valence-electron chi connectivity index (χ1n) is 13.7. The van der Waals surface area contributed by atoms with Crippen molar-refractivity contribution in [2.75, 3.05) is 30.4 Å². The van der Waals surface area contributed by atoms with Crippen molar-refractivity contribution in [1.29, 1.82) is 0 Å². The highest BCUT2D eigenvalue weighted by atomic mass is 32.2. The van der Waals surface area contributed by atoms with Gasteiger partial charge in [-0.15, -0.1) is 0 Å². The average molecular weight is 643 g/mol. The van der Waals surface area contributed by atoms with Gasteiger partial charge in [0.2, 0.25) is 0 Å². The van der Waals surface area contributed by atoms with Gasteiger partial charge in [0.25, 0.3) is 5.91 Å². The molecule has 0 unspecified atom stereocenters. The van der Waals surface area contributed by atoms with Crippen molar-refractivity contribution in [3.63, 3.8) is 0 Å². The van der Waals surface area contributed by atoms with Crippen LogP contribution >= 0.6 is 0 Å². The first-order chi connectivity index (χ1) is 20.8. The van der Waals surface area contributed by atoms with E-state index in [1.165, 1.54) is 55.5 Å². The lowest BCUT2D eigenvalue weighted by Crippen LogP contribution is -2.34. The zero-order chi connectivity index (χ0) is 32.1. The Kier molecular flexibility index (Phi) is 10.5. The molecule has 0 spiro atoms. The van der Waals surface area contributed by atoms with Crippen molar-refractivity contribution in [2.24, 2.45) is 0 Å². The third kappa shape index (κ3) is 8.24. The van der Waals surface area contributed by atoms with E-state index in [1.807, 2.05) is 0 Å². The number of amides is 1. The average Bonchev–Trinajstić information content (AvgIpc) is 3.41. The van der Waals surface area contributed by atoms with E-state index in [9.17, 15) is 40.3 Å². The SMILES string of the molecule is CCS(=O)(=O)c1ccc([C@@H](CO)NC(=O)c2ccc(N3C[C@@H](Oc4ccc(C(F)(F)F)cc4)C[C@H]3COC(F)F)cc2)cc1. The van der Waals surface area contributed by atoms with E-state index in [2.05, 4.69) is 10.1 Å². The monoisotopic (exact) mass is 642 g/mol. The molecule has 1 fully saturated rings. The van der Waals surface area contributed by atoms with Crippen molar-refractivity contribution in [2.45, 2.75) is 49.2 Å². The van der Waals surface area contributed by atoms with Gasteiger partial charge in [0.15, 0.2) is 9.84 Å². The number of halogens is 5. The Morgan fingerprint density at radius 3 is 2.20 bits per heavy atom. The number of nitrogens with zero attached hydrogens (tertiary/aromatic N) is 1. The predicted molar refractivity (Wildman–Crippen MR) is 151 cm³/mol. The van der Waals surface area contributed by atoms with Crippen LogP contribution in [0, 0.1) is 0 Å². The van der Waals surface area contributed by atoms with E-state index in [-0.39, 0.29) is 41.5 Å². The van der Waals surface area contributed by atoms with Gasteiger partial charge in [-0.3, -0.25) is 4.79 Å². The normalized spacial score (nSPS) is 18.0. The quantitative estimate of drug-likeness (QED) is 0.261. The Morgan fingerprint density at radius 2 is 1.66 bits per heavy atom.